The van der Waals surface area contributed by atoms with Gasteiger partial charge in [0.1, 0.15) is 24.6 Å². The van der Waals surface area contributed by atoms with Crippen molar-refractivity contribution < 1.29 is 39.5 Å². The summed E-state index contributed by atoms with van der Waals surface area (Å²) in [5.41, 5.74) is -0.0957. The maximum absolute atomic E-state index is 11.2. The van der Waals surface area contributed by atoms with Crippen molar-refractivity contribution in [1.29, 1.82) is 0 Å². The Hall–Kier alpha value is -2.87. The predicted molar refractivity (Wildman–Crippen MR) is 86.3 cm³/mol. The third kappa shape index (κ3) is 3.28. The summed E-state index contributed by atoms with van der Waals surface area (Å²) in [5, 5.41) is 38.6. The molecule has 0 radical (unpaired) electrons. The highest BCUT2D eigenvalue weighted by Crippen LogP contribution is 2.33. The number of hydrogen-bond acceptors (Lipinski definition) is 9. The highest BCUT2D eigenvalue weighted by atomic mass is 16.6. The molecule has 3 rings (SSSR count). The monoisotopic (exact) mass is 383 g/mol. The summed E-state index contributed by atoms with van der Waals surface area (Å²) in [5.74, 6) is -0.461. The fourth-order valence-corrected chi connectivity index (χ4v) is 2.78. The van der Waals surface area contributed by atoms with E-state index in [1.165, 1.54) is 10.9 Å². The first-order chi connectivity index (χ1) is 12.9. The standard InChI is InChI=1S/C14H17N5O8/c1-2-26-3-6-8(20)9(21)12(27-6)18-5-17-7-10(18)15-4-16-11(7)19(13(22)23)14(24)25/h4-6,8-9,12,20-21H,2-3H2,1H3,(H,22,23)(H,24,25)/t6-,8-,9-,12-/m1/s1. The quantitative estimate of drug-likeness (QED) is 0.529. The Morgan fingerprint density at radius 1 is 1.22 bits per heavy atom. The number of carboxylic acid groups (broad SMARTS) is 2. The summed E-state index contributed by atoms with van der Waals surface area (Å²) >= 11 is 0. The van der Waals surface area contributed by atoms with Gasteiger partial charge in [-0.2, -0.15) is 4.90 Å². The molecule has 1 saturated heterocycles. The Morgan fingerprint density at radius 2 is 1.93 bits per heavy atom. The van der Waals surface area contributed by atoms with Crippen molar-refractivity contribution in [3.05, 3.63) is 12.7 Å². The minimum absolute atomic E-state index is 0.0000267. The molecule has 0 spiro atoms. The summed E-state index contributed by atoms with van der Waals surface area (Å²) in [4.78, 5) is 34.1. The van der Waals surface area contributed by atoms with E-state index in [1.807, 2.05) is 0 Å². The molecule has 27 heavy (non-hydrogen) atoms. The van der Waals surface area contributed by atoms with Gasteiger partial charge in [-0.1, -0.05) is 0 Å². The van der Waals surface area contributed by atoms with Gasteiger partial charge in [0.05, 0.1) is 12.9 Å². The third-order valence-electron chi connectivity index (χ3n) is 4.03. The zero-order chi connectivity index (χ0) is 19.7. The third-order valence-corrected chi connectivity index (χ3v) is 4.03. The van der Waals surface area contributed by atoms with Crippen LogP contribution in [0.25, 0.3) is 11.2 Å². The van der Waals surface area contributed by atoms with Gasteiger partial charge < -0.3 is 29.9 Å². The highest BCUT2D eigenvalue weighted by molar-refractivity contribution is 6.10. The number of aromatic nitrogens is 4. The van der Waals surface area contributed by atoms with Crippen LogP contribution in [0.3, 0.4) is 0 Å². The average molecular weight is 383 g/mol. The van der Waals surface area contributed by atoms with E-state index in [-0.39, 0.29) is 22.7 Å². The first kappa shape index (κ1) is 18.9. The summed E-state index contributed by atoms with van der Waals surface area (Å²) in [6.07, 6.45) is -5.81. The van der Waals surface area contributed by atoms with Crippen molar-refractivity contribution in [1.82, 2.24) is 19.5 Å². The first-order valence-corrected chi connectivity index (χ1v) is 7.89. The molecule has 1 fully saturated rings. The fourth-order valence-electron chi connectivity index (χ4n) is 2.78. The van der Waals surface area contributed by atoms with Crippen molar-refractivity contribution in [2.75, 3.05) is 18.1 Å². The van der Waals surface area contributed by atoms with E-state index in [0.717, 1.165) is 6.33 Å². The Labute approximate surface area is 151 Å². The highest BCUT2D eigenvalue weighted by Gasteiger charge is 2.44. The average Bonchev–Trinajstić information content (AvgIpc) is 3.16. The smallest absolute Gasteiger partial charge is 0.422 e. The number of fused-ring (bicyclic) bond motifs is 1. The normalized spacial score (nSPS) is 25.0. The number of hydrogen-bond donors (Lipinski definition) is 4. The number of aliphatic hydroxyl groups is 2. The topological polar surface area (TPSA) is 180 Å². The predicted octanol–water partition coefficient (Wildman–Crippen LogP) is -0.356. The van der Waals surface area contributed by atoms with Gasteiger partial charge in [-0.05, 0) is 6.92 Å². The number of imide groups is 1. The SMILES string of the molecule is CCOC[C@H]1O[C@@H](n2cnc3c(N(C(=O)O)C(=O)O)ncnc32)[C@H](O)[C@@H]1O. The van der Waals surface area contributed by atoms with Crippen LogP contribution in [0.2, 0.25) is 0 Å². The zero-order valence-corrected chi connectivity index (χ0v) is 14.0. The molecule has 13 heteroatoms. The van der Waals surface area contributed by atoms with E-state index in [1.54, 1.807) is 6.92 Å². The molecule has 0 saturated carbocycles. The molecule has 4 atom stereocenters. The van der Waals surface area contributed by atoms with Gasteiger partial charge in [-0.15, -0.1) is 0 Å². The van der Waals surface area contributed by atoms with Crippen LogP contribution in [-0.2, 0) is 9.47 Å². The lowest BCUT2D eigenvalue weighted by Crippen LogP contribution is -2.35. The van der Waals surface area contributed by atoms with Crippen molar-refractivity contribution >= 4 is 29.2 Å². The van der Waals surface area contributed by atoms with Crippen molar-refractivity contribution in [3.8, 4) is 0 Å². The van der Waals surface area contributed by atoms with Gasteiger partial charge in [0.15, 0.2) is 23.2 Å². The number of rotatable bonds is 5. The molecular formula is C14H17N5O8. The van der Waals surface area contributed by atoms with Crippen LogP contribution in [0.5, 0.6) is 0 Å². The van der Waals surface area contributed by atoms with Crippen molar-refractivity contribution in [2.24, 2.45) is 0 Å². The maximum atomic E-state index is 11.2. The van der Waals surface area contributed by atoms with E-state index in [4.69, 9.17) is 19.7 Å². The van der Waals surface area contributed by atoms with E-state index < -0.39 is 42.5 Å². The Morgan fingerprint density at radius 3 is 2.56 bits per heavy atom. The summed E-state index contributed by atoms with van der Waals surface area (Å²) in [6.45, 7) is 2.23. The minimum atomic E-state index is -1.76. The largest absolute Gasteiger partial charge is 0.464 e. The Bertz CT molecular complexity index is 843. The Balaban J connectivity index is 1.99. The number of ether oxygens (including phenoxy) is 2. The number of carbonyl (C=O) groups is 2. The van der Waals surface area contributed by atoms with Gasteiger partial charge >= 0.3 is 12.2 Å². The van der Waals surface area contributed by atoms with Crippen LogP contribution in [0.4, 0.5) is 15.4 Å². The van der Waals surface area contributed by atoms with E-state index in [0.29, 0.717) is 6.61 Å². The molecule has 2 aromatic heterocycles. The van der Waals surface area contributed by atoms with Crippen LogP contribution < -0.4 is 4.90 Å². The van der Waals surface area contributed by atoms with Crippen molar-refractivity contribution in [3.63, 3.8) is 0 Å². The van der Waals surface area contributed by atoms with E-state index in [9.17, 15) is 19.8 Å². The van der Waals surface area contributed by atoms with Crippen molar-refractivity contribution in [2.45, 2.75) is 31.5 Å². The van der Waals surface area contributed by atoms with Gasteiger partial charge in [0.2, 0.25) is 0 Å². The molecule has 13 nitrogen and oxygen atoms in total. The van der Waals surface area contributed by atoms with Crippen LogP contribution in [-0.4, -0.2) is 83.7 Å². The van der Waals surface area contributed by atoms with Gasteiger partial charge in [-0.25, -0.2) is 24.5 Å². The van der Waals surface area contributed by atoms with Gasteiger partial charge in [-0.3, -0.25) is 4.57 Å². The molecule has 0 aliphatic carbocycles. The summed E-state index contributed by atoms with van der Waals surface area (Å²) < 4.78 is 12.1. The van der Waals surface area contributed by atoms with E-state index >= 15 is 0 Å². The zero-order valence-electron chi connectivity index (χ0n) is 14.0. The minimum Gasteiger partial charge on any atom is -0.464 e. The van der Waals surface area contributed by atoms with Crippen LogP contribution in [0.15, 0.2) is 12.7 Å². The molecule has 1 aliphatic rings. The number of nitrogens with zero attached hydrogens (tertiary/aromatic N) is 5. The summed E-state index contributed by atoms with van der Waals surface area (Å²) in [6, 6.07) is 0. The van der Waals surface area contributed by atoms with Crippen LogP contribution >= 0.6 is 0 Å². The fraction of sp³-hybridized carbons (Fsp3) is 0.500. The first-order valence-electron chi connectivity index (χ1n) is 7.89. The molecule has 2 amide bonds. The maximum Gasteiger partial charge on any atom is 0.422 e. The number of imidazole rings is 1. The molecule has 0 unspecified atom stereocenters. The molecule has 1 aliphatic heterocycles. The second kappa shape index (κ2) is 7.40. The van der Waals surface area contributed by atoms with Gasteiger partial charge in [0.25, 0.3) is 0 Å². The van der Waals surface area contributed by atoms with Crippen LogP contribution in [0.1, 0.15) is 13.2 Å². The lowest BCUT2D eigenvalue weighted by molar-refractivity contribution is -0.0638. The second-order valence-corrected chi connectivity index (χ2v) is 5.63. The second-order valence-electron chi connectivity index (χ2n) is 5.63. The molecule has 3 heterocycles. The molecule has 146 valence electrons. The lowest BCUT2D eigenvalue weighted by Gasteiger charge is -2.17. The number of anilines is 1. The Kier molecular flexibility index (Phi) is 5.18. The lowest BCUT2D eigenvalue weighted by atomic mass is 10.1. The van der Waals surface area contributed by atoms with Crippen LogP contribution in [0, 0.1) is 0 Å². The molecular weight excluding hydrogens is 366 g/mol. The number of amides is 2. The number of aliphatic hydroxyl groups excluding tert-OH is 2. The molecule has 4 N–H and O–H groups in total. The molecule has 2 aromatic rings. The van der Waals surface area contributed by atoms with E-state index in [2.05, 4.69) is 15.0 Å². The van der Waals surface area contributed by atoms with Gasteiger partial charge in [0, 0.05) is 6.61 Å². The molecule has 0 bridgehead atoms. The summed E-state index contributed by atoms with van der Waals surface area (Å²) in [7, 11) is 0. The molecule has 0 aromatic carbocycles.